The Kier molecular flexibility index (Phi) is 8.23. The molecule has 114 valence electrons. The summed E-state index contributed by atoms with van der Waals surface area (Å²) in [6.45, 7) is 11.6. The first kappa shape index (κ1) is 16.9. The molecule has 1 aromatic rings. The number of aryl methyl sites for hydroxylation is 2. The Hall–Kier alpha value is -1.13. The zero-order valence-electron chi connectivity index (χ0n) is 13.2. The molecule has 1 heterocycles. The predicted molar refractivity (Wildman–Crippen MR) is 82.4 cm³/mol. The van der Waals surface area contributed by atoms with Gasteiger partial charge in [-0.1, -0.05) is 6.92 Å². The third-order valence-corrected chi connectivity index (χ3v) is 3.01. The lowest BCUT2D eigenvalue weighted by Crippen LogP contribution is -2.30. The van der Waals surface area contributed by atoms with Crippen molar-refractivity contribution in [1.82, 2.24) is 10.3 Å². The maximum atomic E-state index is 5.96. The van der Waals surface area contributed by atoms with E-state index in [0.29, 0.717) is 0 Å². The number of aromatic nitrogens is 1. The second kappa shape index (κ2) is 9.72. The van der Waals surface area contributed by atoms with Gasteiger partial charge in [-0.25, -0.2) is 0 Å². The van der Waals surface area contributed by atoms with Gasteiger partial charge in [-0.3, -0.25) is 4.98 Å². The van der Waals surface area contributed by atoms with Gasteiger partial charge in [0.05, 0.1) is 5.69 Å². The lowest BCUT2D eigenvalue weighted by molar-refractivity contribution is 0.143. The topological polar surface area (TPSA) is 43.4 Å². The van der Waals surface area contributed by atoms with E-state index in [-0.39, 0.29) is 6.10 Å². The SMILES string of the molecule is CCOCCCNCC(C)Oc1ccc(C)nc1CC. The van der Waals surface area contributed by atoms with Crippen molar-refractivity contribution in [2.45, 2.75) is 46.6 Å². The van der Waals surface area contributed by atoms with Crippen LogP contribution in [0.5, 0.6) is 5.75 Å². The molecule has 0 aliphatic carbocycles. The lowest BCUT2D eigenvalue weighted by atomic mass is 10.2. The van der Waals surface area contributed by atoms with Gasteiger partial charge < -0.3 is 14.8 Å². The number of rotatable bonds is 10. The highest BCUT2D eigenvalue weighted by Crippen LogP contribution is 2.18. The van der Waals surface area contributed by atoms with Crippen LogP contribution in [-0.4, -0.2) is 37.4 Å². The average Bonchev–Trinajstić information content (AvgIpc) is 2.44. The number of nitrogens with one attached hydrogen (secondary N) is 1. The molecular weight excluding hydrogens is 252 g/mol. The van der Waals surface area contributed by atoms with Crippen LogP contribution < -0.4 is 10.1 Å². The molecular formula is C16H28N2O2. The highest BCUT2D eigenvalue weighted by molar-refractivity contribution is 5.29. The predicted octanol–water partition coefficient (Wildman–Crippen LogP) is 2.74. The number of hydrogen-bond acceptors (Lipinski definition) is 4. The average molecular weight is 280 g/mol. The van der Waals surface area contributed by atoms with E-state index < -0.39 is 0 Å². The van der Waals surface area contributed by atoms with Crippen molar-refractivity contribution >= 4 is 0 Å². The van der Waals surface area contributed by atoms with E-state index in [9.17, 15) is 0 Å². The summed E-state index contributed by atoms with van der Waals surface area (Å²) >= 11 is 0. The maximum Gasteiger partial charge on any atom is 0.141 e. The molecule has 0 aromatic carbocycles. The lowest BCUT2D eigenvalue weighted by Gasteiger charge is -2.17. The Bertz CT molecular complexity index is 383. The van der Waals surface area contributed by atoms with Crippen LogP contribution in [0.3, 0.4) is 0 Å². The molecule has 1 rings (SSSR count). The molecule has 0 aliphatic heterocycles. The molecule has 4 heteroatoms. The minimum atomic E-state index is 0.136. The number of pyridine rings is 1. The molecule has 1 N–H and O–H groups in total. The monoisotopic (exact) mass is 280 g/mol. The van der Waals surface area contributed by atoms with Crippen LogP contribution in [0, 0.1) is 6.92 Å². The van der Waals surface area contributed by atoms with E-state index in [1.54, 1.807) is 0 Å². The molecule has 20 heavy (non-hydrogen) atoms. The summed E-state index contributed by atoms with van der Waals surface area (Å²) in [5.74, 6) is 0.904. The van der Waals surface area contributed by atoms with E-state index in [1.165, 1.54) is 0 Å². The molecule has 0 radical (unpaired) electrons. The van der Waals surface area contributed by atoms with Crippen LogP contribution in [-0.2, 0) is 11.2 Å². The van der Waals surface area contributed by atoms with E-state index in [1.807, 2.05) is 26.0 Å². The molecule has 1 aromatic heterocycles. The molecule has 0 fully saturated rings. The van der Waals surface area contributed by atoms with Crippen LogP contribution >= 0.6 is 0 Å². The Balaban J connectivity index is 2.29. The molecule has 1 unspecified atom stereocenters. The molecule has 1 atom stereocenters. The minimum absolute atomic E-state index is 0.136. The summed E-state index contributed by atoms with van der Waals surface area (Å²) in [5.41, 5.74) is 2.07. The zero-order valence-corrected chi connectivity index (χ0v) is 13.2. The molecule has 4 nitrogen and oxygen atoms in total. The van der Waals surface area contributed by atoms with Crippen LogP contribution in [0.2, 0.25) is 0 Å². The van der Waals surface area contributed by atoms with E-state index in [2.05, 4.69) is 24.1 Å². The Morgan fingerprint density at radius 1 is 1.30 bits per heavy atom. The van der Waals surface area contributed by atoms with Crippen molar-refractivity contribution < 1.29 is 9.47 Å². The second-order valence-corrected chi connectivity index (χ2v) is 4.93. The van der Waals surface area contributed by atoms with Gasteiger partial charge >= 0.3 is 0 Å². The molecule has 0 aliphatic rings. The van der Waals surface area contributed by atoms with Gasteiger partial charge in [0, 0.05) is 25.5 Å². The van der Waals surface area contributed by atoms with Gasteiger partial charge in [-0.05, 0) is 52.3 Å². The maximum absolute atomic E-state index is 5.96. The fraction of sp³-hybridized carbons (Fsp3) is 0.688. The van der Waals surface area contributed by atoms with E-state index in [0.717, 1.165) is 56.3 Å². The number of nitrogens with zero attached hydrogens (tertiary/aromatic N) is 1. The minimum Gasteiger partial charge on any atom is -0.487 e. The first-order chi connectivity index (χ1) is 9.67. The van der Waals surface area contributed by atoms with Crippen molar-refractivity contribution in [2.75, 3.05) is 26.3 Å². The van der Waals surface area contributed by atoms with Crippen molar-refractivity contribution in [3.63, 3.8) is 0 Å². The first-order valence-electron chi connectivity index (χ1n) is 7.59. The van der Waals surface area contributed by atoms with Crippen molar-refractivity contribution in [3.05, 3.63) is 23.5 Å². The highest BCUT2D eigenvalue weighted by atomic mass is 16.5. The number of ether oxygens (including phenoxy) is 2. The summed E-state index contributed by atoms with van der Waals surface area (Å²) < 4.78 is 11.3. The van der Waals surface area contributed by atoms with Gasteiger partial charge in [-0.15, -0.1) is 0 Å². The van der Waals surface area contributed by atoms with Crippen molar-refractivity contribution in [2.24, 2.45) is 0 Å². The van der Waals surface area contributed by atoms with Gasteiger partial charge in [0.25, 0.3) is 0 Å². The second-order valence-electron chi connectivity index (χ2n) is 4.93. The summed E-state index contributed by atoms with van der Waals surface area (Å²) in [6.07, 6.45) is 2.06. The summed E-state index contributed by atoms with van der Waals surface area (Å²) in [4.78, 5) is 4.51. The largest absolute Gasteiger partial charge is 0.487 e. The first-order valence-corrected chi connectivity index (χ1v) is 7.59. The molecule has 0 bridgehead atoms. The third kappa shape index (κ3) is 6.35. The Morgan fingerprint density at radius 2 is 2.10 bits per heavy atom. The summed E-state index contributed by atoms with van der Waals surface area (Å²) in [7, 11) is 0. The number of hydrogen-bond donors (Lipinski definition) is 1. The Labute approximate surface area is 122 Å². The Morgan fingerprint density at radius 3 is 2.80 bits per heavy atom. The highest BCUT2D eigenvalue weighted by Gasteiger charge is 2.08. The van der Waals surface area contributed by atoms with Crippen molar-refractivity contribution in [3.8, 4) is 5.75 Å². The van der Waals surface area contributed by atoms with E-state index >= 15 is 0 Å². The third-order valence-electron chi connectivity index (χ3n) is 3.01. The van der Waals surface area contributed by atoms with Crippen LogP contribution in [0.15, 0.2) is 12.1 Å². The standard InChI is InChI=1S/C16H28N2O2/c1-5-15-16(9-8-13(3)18-15)20-14(4)12-17-10-7-11-19-6-2/h8-9,14,17H,5-7,10-12H2,1-4H3. The van der Waals surface area contributed by atoms with Crippen LogP contribution in [0.25, 0.3) is 0 Å². The van der Waals surface area contributed by atoms with Crippen molar-refractivity contribution in [1.29, 1.82) is 0 Å². The summed E-state index contributed by atoms with van der Waals surface area (Å²) in [6, 6.07) is 4.02. The molecule has 0 saturated carbocycles. The molecule has 0 amide bonds. The quantitative estimate of drug-likeness (QED) is 0.669. The van der Waals surface area contributed by atoms with Gasteiger partial charge in [0.1, 0.15) is 11.9 Å². The van der Waals surface area contributed by atoms with Gasteiger partial charge in [0.15, 0.2) is 0 Å². The smallest absolute Gasteiger partial charge is 0.141 e. The van der Waals surface area contributed by atoms with Crippen LogP contribution in [0.1, 0.15) is 38.6 Å². The molecule has 0 spiro atoms. The zero-order chi connectivity index (χ0) is 14.8. The van der Waals surface area contributed by atoms with Gasteiger partial charge in [0.2, 0.25) is 0 Å². The van der Waals surface area contributed by atoms with E-state index in [4.69, 9.17) is 9.47 Å². The summed E-state index contributed by atoms with van der Waals surface area (Å²) in [5, 5.41) is 3.39. The fourth-order valence-electron chi connectivity index (χ4n) is 1.97. The molecule has 0 saturated heterocycles. The normalized spacial score (nSPS) is 12.4. The van der Waals surface area contributed by atoms with Crippen LogP contribution in [0.4, 0.5) is 0 Å². The van der Waals surface area contributed by atoms with Gasteiger partial charge in [-0.2, -0.15) is 0 Å². The fourth-order valence-corrected chi connectivity index (χ4v) is 1.97.